The SMILES string of the molecule is O=C1CCN(C(=O)C2CCCN(S(=O)(=O)c3ccccc3)C2)CC1. The van der Waals surface area contributed by atoms with Crippen LogP contribution in [-0.2, 0) is 19.6 Å². The quantitative estimate of drug-likeness (QED) is 0.823. The van der Waals surface area contributed by atoms with Crippen LogP contribution in [0.4, 0.5) is 0 Å². The van der Waals surface area contributed by atoms with Gasteiger partial charge in [-0.15, -0.1) is 0 Å². The van der Waals surface area contributed by atoms with Gasteiger partial charge in [0.15, 0.2) is 0 Å². The molecule has 0 spiro atoms. The van der Waals surface area contributed by atoms with E-state index in [2.05, 4.69) is 0 Å². The molecule has 2 fully saturated rings. The molecule has 1 aromatic rings. The van der Waals surface area contributed by atoms with Gasteiger partial charge in [0.25, 0.3) is 0 Å². The lowest BCUT2D eigenvalue weighted by Gasteiger charge is -2.35. The van der Waals surface area contributed by atoms with Crippen LogP contribution in [0.2, 0.25) is 0 Å². The Morgan fingerprint density at radius 2 is 1.71 bits per heavy atom. The normalized spacial score (nSPS) is 23.2. The number of hydrogen-bond donors (Lipinski definition) is 0. The molecule has 24 heavy (non-hydrogen) atoms. The minimum Gasteiger partial charge on any atom is -0.342 e. The van der Waals surface area contributed by atoms with E-state index < -0.39 is 10.0 Å². The fourth-order valence-corrected chi connectivity index (χ4v) is 4.88. The van der Waals surface area contributed by atoms with E-state index in [1.807, 2.05) is 0 Å². The van der Waals surface area contributed by atoms with Gasteiger partial charge < -0.3 is 4.90 Å². The molecular weight excluding hydrogens is 328 g/mol. The number of likely N-dealkylation sites (tertiary alicyclic amines) is 1. The molecule has 2 aliphatic heterocycles. The molecule has 1 unspecified atom stereocenters. The summed E-state index contributed by atoms with van der Waals surface area (Å²) in [6, 6.07) is 8.33. The molecule has 0 bridgehead atoms. The highest BCUT2D eigenvalue weighted by molar-refractivity contribution is 7.89. The second-order valence-electron chi connectivity index (χ2n) is 6.38. The van der Waals surface area contributed by atoms with Crippen molar-refractivity contribution in [1.29, 1.82) is 0 Å². The number of Topliss-reactive ketones (excluding diaryl/α,β-unsaturated/α-hetero) is 1. The lowest BCUT2D eigenvalue weighted by atomic mass is 9.97. The van der Waals surface area contributed by atoms with E-state index in [4.69, 9.17) is 0 Å². The summed E-state index contributed by atoms with van der Waals surface area (Å²) in [5.74, 6) is -0.142. The van der Waals surface area contributed by atoms with Gasteiger partial charge >= 0.3 is 0 Å². The highest BCUT2D eigenvalue weighted by Gasteiger charge is 2.35. The Bertz CT molecular complexity index is 707. The van der Waals surface area contributed by atoms with Gasteiger partial charge in [-0.3, -0.25) is 9.59 Å². The first kappa shape index (κ1) is 17.1. The Morgan fingerprint density at radius 1 is 1.04 bits per heavy atom. The van der Waals surface area contributed by atoms with Crippen molar-refractivity contribution in [3.8, 4) is 0 Å². The number of carbonyl (C=O) groups is 2. The van der Waals surface area contributed by atoms with E-state index in [0.717, 1.165) is 0 Å². The summed E-state index contributed by atoms with van der Waals surface area (Å²) in [6.07, 6.45) is 2.19. The number of carbonyl (C=O) groups excluding carboxylic acids is 2. The molecule has 130 valence electrons. The number of benzene rings is 1. The van der Waals surface area contributed by atoms with Crippen LogP contribution in [0.1, 0.15) is 25.7 Å². The van der Waals surface area contributed by atoms with E-state index in [1.54, 1.807) is 35.2 Å². The first-order chi connectivity index (χ1) is 11.5. The van der Waals surface area contributed by atoms with Crippen molar-refractivity contribution in [2.45, 2.75) is 30.6 Å². The smallest absolute Gasteiger partial charge is 0.243 e. The van der Waals surface area contributed by atoms with Crippen LogP contribution in [0, 0.1) is 5.92 Å². The van der Waals surface area contributed by atoms with E-state index >= 15 is 0 Å². The number of rotatable bonds is 3. The predicted octanol–water partition coefficient (Wildman–Crippen LogP) is 1.28. The van der Waals surface area contributed by atoms with E-state index in [0.29, 0.717) is 45.3 Å². The van der Waals surface area contributed by atoms with Crippen molar-refractivity contribution in [3.05, 3.63) is 30.3 Å². The highest BCUT2D eigenvalue weighted by atomic mass is 32.2. The lowest BCUT2D eigenvalue weighted by Crippen LogP contribution is -2.48. The maximum absolute atomic E-state index is 12.7. The fourth-order valence-electron chi connectivity index (χ4n) is 3.34. The van der Waals surface area contributed by atoms with Crippen molar-refractivity contribution in [2.24, 2.45) is 5.92 Å². The topological polar surface area (TPSA) is 74.8 Å². The highest BCUT2D eigenvalue weighted by Crippen LogP contribution is 2.25. The fraction of sp³-hybridized carbons (Fsp3) is 0.529. The third kappa shape index (κ3) is 3.52. The molecule has 2 saturated heterocycles. The third-order valence-corrected chi connectivity index (χ3v) is 6.63. The number of piperidine rings is 2. The zero-order valence-corrected chi connectivity index (χ0v) is 14.4. The molecule has 0 aromatic heterocycles. The molecular formula is C17H22N2O4S. The molecule has 0 saturated carbocycles. The summed E-state index contributed by atoms with van der Waals surface area (Å²) in [5.41, 5.74) is 0. The van der Waals surface area contributed by atoms with E-state index in [9.17, 15) is 18.0 Å². The monoisotopic (exact) mass is 350 g/mol. The number of amides is 1. The summed E-state index contributed by atoms with van der Waals surface area (Å²) >= 11 is 0. The average molecular weight is 350 g/mol. The van der Waals surface area contributed by atoms with Crippen LogP contribution in [0.5, 0.6) is 0 Å². The van der Waals surface area contributed by atoms with Gasteiger partial charge in [-0.1, -0.05) is 18.2 Å². The molecule has 3 rings (SSSR count). The molecule has 0 aliphatic carbocycles. The minimum atomic E-state index is -3.56. The number of ketones is 1. The van der Waals surface area contributed by atoms with Crippen LogP contribution in [-0.4, -0.2) is 55.5 Å². The minimum absolute atomic E-state index is 0.0181. The average Bonchev–Trinajstić information content (AvgIpc) is 2.62. The van der Waals surface area contributed by atoms with Crippen molar-refractivity contribution in [1.82, 2.24) is 9.21 Å². The first-order valence-electron chi connectivity index (χ1n) is 8.34. The maximum Gasteiger partial charge on any atom is 0.243 e. The molecule has 2 heterocycles. The molecule has 2 aliphatic rings. The zero-order valence-electron chi connectivity index (χ0n) is 13.6. The number of hydrogen-bond acceptors (Lipinski definition) is 4. The van der Waals surface area contributed by atoms with Gasteiger partial charge in [-0.05, 0) is 25.0 Å². The Balaban J connectivity index is 1.70. The van der Waals surface area contributed by atoms with Crippen LogP contribution in [0.3, 0.4) is 0 Å². The van der Waals surface area contributed by atoms with Gasteiger partial charge in [0.1, 0.15) is 5.78 Å². The maximum atomic E-state index is 12.7. The Labute approximate surface area is 142 Å². The summed E-state index contributed by atoms with van der Waals surface area (Å²) < 4.78 is 26.9. The molecule has 1 atom stereocenters. The van der Waals surface area contributed by atoms with Crippen LogP contribution < -0.4 is 0 Å². The summed E-state index contributed by atoms with van der Waals surface area (Å²) in [5, 5.41) is 0. The predicted molar refractivity (Wildman–Crippen MR) is 88.7 cm³/mol. The molecule has 1 aromatic carbocycles. The van der Waals surface area contributed by atoms with E-state index in [-0.39, 0.29) is 29.0 Å². The summed E-state index contributed by atoms with van der Waals surface area (Å²) in [7, 11) is -3.56. The van der Waals surface area contributed by atoms with Gasteiger partial charge in [0.2, 0.25) is 15.9 Å². The van der Waals surface area contributed by atoms with Crippen molar-refractivity contribution >= 4 is 21.7 Å². The van der Waals surface area contributed by atoms with Crippen molar-refractivity contribution < 1.29 is 18.0 Å². The van der Waals surface area contributed by atoms with E-state index in [1.165, 1.54) is 4.31 Å². The lowest BCUT2D eigenvalue weighted by molar-refractivity contribution is -0.139. The second kappa shape index (κ2) is 7.03. The van der Waals surface area contributed by atoms with Crippen LogP contribution in [0.15, 0.2) is 35.2 Å². The Kier molecular flexibility index (Phi) is 5.01. The van der Waals surface area contributed by atoms with Crippen molar-refractivity contribution in [2.75, 3.05) is 26.2 Å². The standard InChI is InChI=1S/C17H22N2O4S/c20-15-8-11-18(12-9-15)17(21)14-5-4-10-19(13-14)24(22,23)16-6-2-1-3-7-16/h1-3,6-7,14H,4-5,8-13H2. The Morgan fingerprint density at radius 3 is 2.38 bits per heavy atom. The molecule has 0 N–H and O–H groups in total. The summed E-state index contributed by atoms with van der Waals surface area (Å²) in [6.45, 7) is 1.58. The Hall–Kier alpha value is -1.73. The largest absolute Gasteiger partial charge is 0.342 e. The molecule has 6 nitrogen and oxygen atoms in total. The van der Waals surface area contributed by atoms with Crippen LogP contribution in [0.25, 0.3) is 0 Å². The second-order valence-corrected chi connectivity index (χ2v) is 8.32. The zero-order chi connectivity index (χ0) is 17.2. The van der Waals surface area contributed by atoms with Gasteiger partial charge in [0.05, 0.1) is 10.8 Å². The van der Waals surface area contributed by atoms with Crippen LogP contribution >= 0.6 is 0 Å². The van der Waals surface area contributed by atoms with Gasteiger partial charge in [-0.2, -0.15) is 4.31 Å². The van der Waals surface area contributed by atoms with Gasteiger partial charge in [-0.25, -0.2) is 8.42 Å². The number of sulfonamides is 1. The first-order valence-corrected chi connectivity index (χ1v) is 9.78. The molecule has 0 radical (unpaired) electrons. The third-order valence-electron chi connectivity index (χ3n) is 4.75. The van der Waals surface area contributed by atoms with Crippen molar-refractivity contribution in [3.63, 3.8) is 0 Å². The number of nitrogens with zero attached hydrogens (tertiary/aromatic N) is 2. The molecule has 1 amide bonds. The van der Waals surface area contributed by atoms with Gasteiger partial charge in [0, 0.05) is 39.0 Å². The molecule has 7 heteroatoms. The summed E-state index contributed by atoms with van der Waals surface area (Å²) in [4.78, 5) is 26.0.